The number of piperazine rings is 1. The predicted molar refractivity (Wildman–Crippen MR) is 73.7 cm³/mol. The van der Waals surface area contributed by atoms with Crippen LogP contribution in [0.5, 0.6) is 0 Å². The molecule has 0 unspecified atom stereocenters. The van der Waals surface area contributed by atoms with Gasteiger partial charge in [0.1, 0.15) is 0 Å². The summed E-state index contributed by atoms with van der Waals surface area (Å²) in [6.45, 7) is 12.6. The first-order valence-electron chi connectivity index (χ1n) is 6.66. The average molecular weight is 232 g/mol. The summed E-state index contributed by atoms with van der Waals surface area (Å²) in [6, 6.07) is 4.61. The van der Waals surface area contributed by atoms with Crippen LogP contribution >= 0.6 is 0 Å². The second-order valence-corrected chi connectivity index (χ2v) is 5.22. The van der Waals surface area contributed by atoms with E-state index in [0.717, 1.165) is 13.1 Å². The summed E-state index contributed by atoms with van der Waals surface area (Å²) in [7, 11) is 0. The first kappa shape index (κ1) is 12.6. The van der Waals surface area contributed by atoms with Crippen molar-refractivity contribution in [2.24, 2.45) is 0 Å². The Hall–Kier alpha value is -0.860. The molecule has 94 valence electrons. The zero-order valence-electron chi connectivity index (χ0n) is 11.3. The Labute approximate surface area is 105 Å². The molecule has 0 amide bonds. The molecule has 1 aromatic carbocycles. The molecule has 1 N–H and O–H groups in total. The molecule has 1 aliphatic heterocycles. The van der Waals surface area contributed by atoms with E-state index in [1.54, 1.807) is 5.56 Å². The summed E-state index contributed by atoms with van der Waals surface area (Å²) in [5, 5.41) is 3.40. The van der Waals surface area contributed by atoms with E-state index in [9.17, 15) is 0 Å². The monoisotopic (exact) mass is 232 g/mol. The molecule has 0 bridgehead atoms. The third kappa shape index (κ3) is 3.30. The van der Waals surface area contributed by atoms with Gasteiger partial charge in [-0.15, -0.1) is 0 Å². The van der Waals surface area contributed by atoms with Crippen molar-refractivity contribution in [2.75, 3.05) is 32.7 Å². The van der Waals surface area contributed by atoms with E-state index in [4.69, 9.17) is 0 Å². The van der Waals surface area contributed by atoms with Crippen LogP contribution in [0, 0.1) is 20.8 Å². The number of benzene rings is 1. The molecule has 0 saturated carbocycles. The van der Waals surface area contributed by atoms with Crippen molar-refractivity contribution < 1.29 is 0 Å². The van der Waals surface area contributed by atoms with Crippen LogP contribution in [-0.4, -0.2) is 37.6 Å². The van der Waals surface area contributed by atoms with Gasteiger partial charge in [-0.3, -0.25) is 0 Å². The Bertz CT molecular complexity index is 356. The minimum atomic E-state index is 1.14. The summed E-state index contributed by atoms with van der Waals surface area (Å²) in [6.07, 6.45) is 1.19. The van der Waals surface area contributed by atoms with Crippen LogP contribution in [0.4, 0.5) is 0 Å². The molecular weight excluding hydrogens is 208 g/mol. The fourth-order valence-corrected chi connectivity index (χ4v) is 2.81. The molecule has 2 nitrogen and oxygen atoms in total. The Balaban J connectivity index is 1.98. The lowest BCUT2D eigenvalue weighted by Gasteiger charge is -2.27. The lowest BCUT2D eigenvalue weighted by atomic mass is 9.97. The van der Waals surface area contributed by atoms with Gasteiger partial charge in [0.2, 0.25) is 0 Å². The van der Waals surface area contributed by atoms with Crippen molar-refractivity contribution in [3.63, 3.8) is 0 Å². The van der Waals surface area contributed by atoms with Crippen LogP contribution in [0.15, 0.2) is 12.1 Å². The van der Waals surface area contributed by atoms with Crippen LogP contribution in [0.3, 0.4) is 0 Å². The molecule has 0 spiro atoms. The van der Waals surface area contributed by atoms with Crippen molar-refractivity contribution in [1.29, 1.82) is 0 Å². The third-order valence-corrected chi connectivity index (χ3v) is 3.73. The van der Waals surface area contributed by atoms with Crippen LogP contribution < -0.4 is 5.32 Å². The van der Waals surface area contributed by atoms with Gasteiger partial charge in [0.05, 0.1) is 0 Å². The van der Waals surface area contributed by atoms with Crippen LogP contribution in [0.2, 0.25) is 0 Å². The molecule has 1 saturated heterocycles. The fraction of sp³-hybridized carbons (Fsp3) is 0.600. The molecule has 1 fully saturated rings. The summed E-state index contributed by atoms with van der Waals surface area (Å²) < 4.78 is 0. The van der Waals surface area contributed by atoms with Gasteiger partial charge in [0.15, 0.2) is 0 Å². The molecule has 0 aromatic heterocycles. The summed E-state index contributed by atoms with van der Waals surface area (Å²) >= 11 is 0. The Morgan fingerprint density at radius 2 is 1.65 bits per heavy atom. The number of hydrogen-bond acceptors (Lipinski definition) is 2. The highest BCUT2D eigenvalue weighted by molar-refractivity contribution is 5.37. The van der Waals surface area contributed by atoms with Crippen molar-refractivity contribution in [1.82, 2.24) is 10.2 Å². The molecule has 1 aliphatic rings. The maximum Gasteiger partial charge on any atom is 0.0108 e. The maximum absolute atomic E-state index is 3.40. The fourth-order valence-electron chi connectivity index (χ4n) is 2.81. The predicted octanol–water partition coefficient (Wildman–Crippen LogP) is 2.06. The normalized spacial score (nSPS) is 17.4. The van der Waals surface area contributed by atoms with Crippen molar-refractivity contribution in [3.8, 4) is 0 Å². The number of rotatable bonds is 3. The van der Waals surface area contributed by atoms with Gasteiger partial charge < -0.3 is 10.2 Å². The van der Waals surface area contributed by atoms with E-state index in [1.807, 2.05) is 0 Å². The summed E-state index contributed by atoms with van der Waals surface area (Å²) in [5.41, 5.74) is 5.84. The van der Waals surface area contributed by atoms with Gasteiger partial charge in [-0.05, 0) is 43.9 Å². The van der Waals surface area contributed by atoms with E-state index < -0.39 is 0 Å². The molecular formula is C15H24N2. The lowest BCUT2D eigenvalue weighted by Crippen LogP contribution is -2.44. The quantitative estimate of drug-likeness (QED) is 0.858. The van der Waals surface area contributed by atoms with Gasteiger partial charge in [-0.2, -0.15) is 0 Å². The zero-order valence-corrected chi connectivity index (χ0v) is 11.3. The zero-order chi connectivity index (χ0) is 12.3. The lowest BCUT2D eigenvalue weighted by molar-refractivity contribution is 0.243. The highest BCUT2D eigenvalue weighted by Crippen LogP contribution is 2.17. The van der Waals surface area contributed by atoms with Crippen molar-refractivity contribution in [3.05, 3.63) is 34.4 Å². The molecule has 0 aliphatic carbocycles. The van der Waals surface area contributed by atoms with Gasteiger partial charge >= 0.3 is 0 Å². The van der Waals surface area contributed by atoms with E-state index in [1.165, 1.54) is 42.7 Å². The smallest absolute Gasteiger partial charge is 0.0108 e. The molecule has 2 rings (SSSR count). The first-order chi connectivity index (χ1) is 8.16. The van der Waals surface area contributed by atoms with Crippen molar-refractivity contribution >= 4 is 0 Å². The molecule has 2 heteroatoms. The minimum absolute atomic E-state index is 1.14. The third-order valence-electron chi connectivity index (χ3n) is 3.73. The van der Waals surface area contributed by atoms with E-state index in [2.05, 4.69) is 43.1 Å². The molecule has 0 atom stereocenters. The van der Waals surface area contributed by atoms with Crippen molar-refractivity contribution in [2.45, 2.75) is 27.2 Å². The first-order valence-corrected chi connectivity index (χ1v) is 6.66. The Morgan fingerprint density at radius 3 is 2.24 bits per heavy atom. The number of hydrogen-bond donors (Lipinski definition) is 1. The highest BCUT2D eigenvalue weighted by Gasteiger charge is 2.10. The molecule has 1 heterocycles. The number of nitrogens with one attached hydrogen (secondary N) is 1. The van der Waals surface area contributed by atoms with Crippen LogP contribution in [0.1, 0.15) is 22.3 Å². The second kappa shape index (κ2) is 5.65. The van der Waals surface area contributed by atoms with E-state index in [0.29, 0.717) is 0 Å². The van der Waals surface area contributed by atoms with Gasteiger partial charge in [-0.25, -0.2) is 0 Å². The Morgan fingerprint density at radius 1 is 1.06 bits per heavy atom. The van der Waals surface area contributed by atoms with Crippen LogP contribution in [-0.2, 0) is 6.42 Å². The summed E-state index contributed by atoms with van der Waals surface area (Å²) in [5.74, 6) is 0. The average Bonchev–Trinajstić information content (AvgIpc) is 2.29. The van der Waals surface area contributed by atoms with Gasteiger partial charge in [0.25, 0.3) is 0 Å². The van der Waals surface area contributed by atoms with Gasteiger partial charge in [-0.1, -0.05) is 17.7 Å². The largest absolute Gasteiger partial charge is 0.314 e. The minimum Gasteiger partial charge on any atom is -0.314 e. The summed E-state index contributed by atoms with van der Waals surface area (Å²) in [4.78, 5) is 2.56. The van der Waals surface area contributed by atoms with Gasteiger partial charge in [0, 0.05) is 32.7 Å². The second-order valence-electron chi connectivity index (χ2n) is 5.22. The van der Waals surface area contributed by atoms with E-state index in [-0.39, 0.29) is 0 Å². The molecule has 1 aromatic rings. The van der Waals surface area contributed by atoms with E-state index >= 15 is 0 Å². The molecule has 0 radical (unpaired) electrons. The SMILES string of the molecule is Cc1cc(C)c(CCN2CCNCC2)c(C)c1. The number of aryl methyl sites for hydroxylation is 3. The highest BCUT2D eigenvalue weighted by atomic mass is 15.2. The molecule has 17 heavy (non-hydrogen) atoms. The van der Waals surface area contributed by atoms with Crippen LogP contribution in [0.25, 0.3) is 0 Å². The standard InChI is InChI=1S/C15H24N2/c1-12-10-13(2)15(14(3)11-12)4-7-17-8-5-16-6-9-17/h10-11,16H,4-9H2,1-3H3. The number of nitrogens with zero attached hydrogens (tertiary/aromatic N) is 1. The Kier molecular flexibility index (Phi) is 4.19. The topological polar surface area (TPSA) is 15.3 Å². The maximum atomic E-state index is 3.40.